The average Bonchev–Trinajstić information content (AvgIpc) is 2.96. The van der Waals surface area contributed by atoms with Crippen molar-refractivity contribution in [2.75, 3.05) is 13.2 Å². The van der Waals surface area contributed by atoms with Gasteiger partial charge in [0.05, 0.1) is 32.0 Å². The lowest BCUT2D eigenvalue weighted by atomic mass is 10.1. The van der Waals surface area contributed by atoms with Crippen molar-refractivity contribution in [1.82, 2.24) is 5.32 Å². The Morgan fingerprint density at radius 3 is 1.62 bits per heavy atom. The van der Waals surface area contributed by atoms with Crippen molar-refractivity contribution < 1.29 is 14.3 Å². The van der Waals surface area contributed by atoms with E-state index in [4.69, 9.17) is 9.16 Å². The van der Waals surface area contributed by atoms with E-state index in [1.54, 1.807) is 0 Å². The Morgan fingerprint density at radius 1 is 0.667 bits per heavy atom. The Kier molecular flexibility index (Phi) is 10.3. The first-order chi connectivity index (χ1) is 18.9. The molecule has 0 amide bonds. The summed E-state index contributed by atoms with van der Waals surface area (Å²) in [6.07, 6.45) is -0.758. The fraction of sp³-hybridized carbons (Fsp3) is 0.294. The fourth-order valence-corrected chi connectivity index (χ4v) is 9.69. The number of aliphatic hydroxyl groups is 1. The van der Waals surface area contributed by atoms with E-state index in [1.807, 2.05) is 48.5 Å². The standard InChI is InChI=1S/C34H41NO3Si/c1-34(2,3)39(30-20-12-6-13-21-30,31-22-14-7-15-23-31)38-27-33(36)32(35-24-28-16-8-4-9-17-28)26-37-25-29-18-10-5-11-19-29/h4-23,32-33,35-36H,24-27H2,1-3H3. The van der Waals surface area contributed by atoms with Gasteiger partial charge in [0.15, 0.2) is 0 Å². The first-order valence-electron chi connectivity index (χ1n) is 13.7. The van der Waals surface area contributed by atoms with Crippen LogP contribution in [0.25, 0.3) is 0 Å². The van der Waals surface area contributed by atoms with E-state index in [-0.39, 0.29) is 17.7 Å². The van der Waals surface area contributed by atoms with Crippen molar-refractivity contribution in [1.29, 1.82) is 0 Å². The Hall–Kier alpha value is -3.06. The molecule has 0 bridgehead atoms. The summed E-state index contributed by atoms with van der Waals surface area (Å²) in [5.74, 6) is 0. The highest BCUT2D eigenvalue weighted by Gasteiger charge is 2.50. The smallest absolute Gasteiger partial charge is 0.261 e. The van der Waals surface area contributed by atoms with Crippen molar-refractivity contribution in [3.05, 3.63) is 132 Å². The van der Waals surface area contributed by atoms with Gasteiger partial charge < -0.3 is 19.6 Å². The zero-order chi connectivity index (χ0) is 27.6. The summed E-state index contributed by atoms with van der Waals surface area (Å²) in [5, 5.41) is 17.3. The topological polar surface area (TPSA) is 50.7 Å². The Labute approximate surface area is 234 Å². The predicted molar refractivity (Wildman–Crippen MR) is 163 cm³/mol. The molecule has 0 fully saturated rings. The maximum Gasteiger partial charge on any atom is 0.261 e. The molecule has 5 heteroatoms. The third-order valence-electron chi connectivity index (χ3n) is 7.17. The molecule has 2 atom stereocenters. The molecular formula is C34H41NO3Si. The summed E-state index contributed by atoms with van der Waals surface area (Å²) in [4.78, 5) is 0. The molecule has 4 aromatic rings. The van der Waals surface area contributed by atoms with Crippen LogP contribution in [0.15, 0.2) is 121 Å². The number of ether oxygens (including phenoxy) is 1. The zero-order valence-corrected chi connectivity index (χ0v) is 24.3. The molecule has 2 unspecified atom stereocenters. The molecule has 4 aromatic carbocycles. The molecule has 4 rings (SSSR count). The van der Waals surface area contributed by atoms with E-state index >= 15 is 0 Å². The van der Waals surface area contributed by atoms with Crippen molar-refractivity contribution in [2.45, 2.75) is 51.1 Å². The summed E-state index contributed by atoms with van der Waals surface area (Å²) in [5.41, 5.74) is 2.27. The third-order valence-corrected chi connectivity index (χ3v) is 12.2. The zero-order valence-electron chi connectivity index (χ0n) is 23.3. The Morgan fingerprint density at radius 2 is 1.13 bits per heavy atom. The average molecular weight is 540 g/mol. The van der Waals surface area contributed by atoms with Gasteiger partial charge in [0.25, 0.3) is 8.32 Å². The van der Waals surface area contributed by atoms with Crippen LogP contribution in [0.3, 0.4) is 0 Å². The lowest BCUT2D eigenvalue weighted by molar-refractivity contribution is 0.0167. The minimum Gasteiger partial charge on any atom is -0.405 e. The largest absolute Gasteiger partial charge is 0.405 e. The Balaban J connectivity index is 1.55. The van der Waals surface area contributed by atoms with Gasteiger partial charge in [-0.05, 0) is 26.5 Å². The van der Waals surface area contributed by atoms with Crippen molar-refractivity contribution in [2.24, 2.45) is 0 Å². The van der Waals surface area contributed by atoms with Gasteiger partial charge in [-0.2, -0.15) is 0 Å². The molecule has 0 radical (unpaired) electrons. The number of hydrogen-bond acceptors (Lipinski definition) is 4. The molecular weight excluding hydrogens is 498 g/mol. The summed E-state index contributed by atoms with van der Waals surface area (Å²) >= 11 is 0. The molecule has 0 saturated heterocycles. The van der Waals surface area contributed by atoms with Gasteiger partial charge in [0.1, 0.15) is 0 Å². The normalized spacial score (nSPS) is 13.6. The van der Waals surface area contributed by atoms with Crippen molar-refractivity contribution in [3.63, 3.8) is 0 Å². The number of rotatable bonds is 13. The quantitative estimate of drug-likeness (QED) is 0.227. The summed E-state index contributed by atoms with van der Waals surface area (Å²) < 4.78 is 13.1. The van der Waals surface area contributed by atoms with Gasteiger partial charge in [-0.3, -0.25) is 0 Å². The first kappa shape index (κ1) is 28.9. The van der Waals surface area contributed by atoms with E-state index in [0.717, 1.165) is 11.1 Å². The first-order valence-corrected chi connectivity index (χ1v) is 15.6. The molecule has 204 valence electrons. The van der Waals surface area contributed by atoms with Crippen LogP contribution in [0.5, 0.6) is 0 Å². The van der Waals surface area contributed by atoms with E-state index < -0.39 is 14.4 Å². The van der Waals surface area contributed by atoms with Crippen LogP contribution in [0.2, 0.25) is 5.04 Å². The second-order valence-corrected chi connectivity index (χ2v) is 15.3. The number of nitrogens with one attached hydrogen (secondary N) is 1. The van der Waals surface area contributed by atoms with E-state index in [1.165, 1.54) is 10.4 Å². The maximum absolute atomic E-state index is 11.6. The molecule has 0 heterocycles. The van der Waals surface area contributed by atoms with Gasteiger partial charge in [-0.25, -0.2) is 0 Å². The number of aliphatic hydroxyl groups excluding tert-OH is 1. The van der Waals surface area contributed by atoms with Gasteiger partial charge in [0.2, 0.25) is 0 Å². The SMILES string of the molecule is CC(C)(C)[Si](OCC(O)C(COCc1ccccc1)NCc1ccccc1)(c1ccccc1)c1ccccc1. The minimum atomic E-state index is -2.76. The summed E-state index contributed by atoms with van der Waals surface area (Å²) in [6.45, 7) is 8.45. The molecule has 2 N–H and O–H groups in total. The number of benzene rings is 4. The van der Waals surface area contributed by atoms with Crippen LogP contribution in [0.4, 0.5) is 0 Å². The second kappa shape index (κ2) is 13.8. The monoisotopic (exact) mass is 539 g/mol. The van der Waals surface area contributed by atoms with Crippen LogP contribution >= 0.6 is 0 Å². The lowest BCUT2D eigenvalue weighted by Crippen LogP contribution is -2.67. The van der Waals surface area contributed by atoms with Crippen LogP contribution in [0, 0.1) is 0 Å². The highest BCUT2D eigenvalue weighted by Crippen LogP contribution is 2.36. The summed E-state index contributed by atoms with van der Waals surface area (Å²) in [7, 11) is -2.76. The molecule has 0 saturated carbocycles. The fourth-order valence-electron chi connectivity index (χ4n) is 5.12. The van der Waals surface area contributed by atoms with Gasteiger partial charge in [-0.1, -0.05) is 142 Å². The third kappa shape index (κ3) is 7.53. The molecule has 0 spiro atoms. The van der Waals surface area contributed by atoms with Crippen LogP contribution in [-0.2, 0) is 22.3 Å². The van der Waals surface area contributed by atoms with Crippen molar-refractivity contribution in [3.8, 4) is 0 Å². The summed E-state index contributed by atoms with van der Waals surface area (Å²) in [6, 6.07) is 41.1. The van der Waals surface area contributed by atoms with E-state index in [2.05, 4.69) is 98.9 Å². The van der Waals surface area contributed by atoms with Crippen LogP contribution in [0.1, 0.15) is 31.9 Å². The Bertz CT molecular complexity index is 1190. The second-order valence-electron chi connectivity index (χ2n) is 11.0. The molecule has 0 aliphatic carbocycles. The molecule has 4 nitrogen and oxygen atoms in total. The maximum atomic E-state index is 11.6. The molecule has 0 aliphatic heterocycles. The minimum absolute atomic E-state index is 0.161. The lowest BCUT2D eigenvalue weighted by Gasteiger charge is -2.43. The highest BCUT2D eigenvalue weighted by molar-refractivity contribution is 6.99. The van der Waals surface area contributed by atoms with Crippen molar-refractivity contribution >= 4 is 18.7 Å². The van der Waals surface area contributed by atoms with E-state index in [9.17, 15) is 5.11 Å². The molecule has 0 aromatic heterocycles. The highest BCUT2D eigenvalue weighted by atomic mass is 28.4. The van der Waals surface area contributed by atoms with Gasteiger partial charge in [-0.15, -0.1) is 0 Å². The van der Waals surface area contributed by atoms with Gasteiger partial charge in [0, 0.05) is 6.54 Å². The predicted octanol–water partition coefficient (Wildman–Crippen LogP) is 5.30. The van der Waals surface area contributed by atoms with Crippen LogP contribution in [-0.4, -0.2) is 38.8 Å². The van der Waals surface area contributed by atoms with Crippen LogP contribution < -0.4 is 15.7 Å². The molecule has 0 aliphatic rings. The number of hydrogen-bond donors (Lipinski definition) is 2. The molecule has 39 heavy (non-hydrogen) atoms. The van der Waals surface area contributed by atoms with Gasteiger partial charge >= 0.3 is 0 Å². The van der Waals surface area contributed by atoms with E-state index in [0.29, 0.717) is 19.8 Å².